The monoisotopic (exact) mass is 222 g/mol. The summed E-state index contributed by atoms with van der Waals surface area (Å²) in [5, 5.41) is 0. The summed E-state index contributed by atoms with van der Waals surface area (Å²) >= 11 is 0. The predicted octanol–water partition coefficient (Wildman–Crippen LogP) is 2.18. The molecule has 90 valence electrons. The number of rotatable bonds is 7. The fraction of sp³-hybridized carbons (Fsp3) is 0.538. The van der Waals surface area contributed by atoms with Crippen LogP contribution in [0.1, 0.15) is 36.9 Å². The topological polar surface area (TPSA) is 47.3 Å². The van der Waals surface area contributed by atoms with Crippen LogP contribution in [-0.4, -0.2) is 13.7 Å². The fourth-order valence-electron chi connectivity index (χ4n) is 1.79. The Balaban J connectivity index is 2.62. The molecule has 0 heterocycles. The minimum atomic E-state index is 0.177. The first-order valence-electron chi connectivity index (χ1n) is 5.85. The molecule has 0 spiro atoms. The van der Waals surface area contributed by atoms with Crippen LogP contribution in [0.25, 0.3) is 0 Å². The quantitative estimate of drug-likeness (QED) is 0.549. The van der Waals surface area contributed by atoms with Gasteiger partial charge in [0.05, 0.1) is 0 Å². The average molecular weight is 222 g/mol. The standard InChI is InChI=1S/C13H22N2O/c1-3-4-11-5-7-12(8-6-11)13(15-14)9-10-16-2/h5-8,13,15H,3-4,9-10,14H2,1-2H3. The van der Waals surface area contributed by atoms with E-state index in [0.29, 0.717) is 6.61 Å². The summed E-state index contributed by atoms with van der Waals surface area (Å²) in [4.78, 5) is 0. The summed E-state index contributed by atoms with van der Waals surface area (Å²) in [5.74, 6) is 5.54. The van der Waals surface area contributed by atoms with Crippen LogP contribution in [0.4, 0.5) is 0 Å². The van der Waals surface area contributed by atoms with Gasteiger partial charge in [0.2, 0.25) is 0 Å². The van der Waals surface area contributed by atoms with Crippen LogP contribution >= 0.6 is 0 Å². The predicted molar refractivity (Wildman–Crippen MR) is 67.0 cm³/mol. The molecule has 1 rings (SSSR count). The second-order valence-electron chi connectivity index (χ2n) is 3.99. The Labute approximate surface area is 98.0 Å². The van der Waals surface area contributed by atoms with Gasteiger partial charge in [-0.05, 0) is 24.0 Å². The molecule has 0 amide bonds. The Bertz CT molecular complexity index is 284. The van der Waals surface area contributed by atoms with Crippen molar-refractivity contribution in [2.45, 2.75) is 32.2 Å². The smallest absolute Gasteiger partial charge is 0.0481 e. The zero-order valence-corrected chi connectivity index (χ0v) is 10.2. The summed E-state index contributed by atoms with van der Waals surface area (Å²) in [7, 11) is 1.71. The molecule has 1 atom stereocenters. The number of hydrogen-bond acceptors (Lipinski definition) is 3. The first-order valence-corrected chi connectivity index (χ1v) is 5.85. The van der Waals surface area contributed by atoms with Gasteiger partial charge >= 0.3 is 0 Å². The fourth-order valence-corrected chi connectivity index (χ4v) is 1.79. The maximum atomic E-state index is 5.54. The van der Waals surface area contributed by atoms with Crippen molar-refractivity contribution in [3.8, 4) is 0 Å². The molecule has 0 saturated heterocycles. The number of nitrogens with one attached hydrogen (secondary N) is 1. The van der Waals surface area contributed by atoms with Gasteiger partial charge in [-0.2, -0.15) is 0 Å². The maximum Gasteiger partial charge on any atom is 0.0481 e. The van der Waals surface area contributed by atoms with Crippen LogP contribution in [0.15, 0.2) is 24.3 Å². The average Bonchev–Trinajstić information content (AvgIpc) is 2.32. The van der Waals surface area contributed by atoms with Crippen molar-refractivity contribution in [2.75, 3.05) is 13.7 Å². The molecule has 1 aromatic rings. The molecule has 0 aliphatic heterocycles. The van der Waals surface area contributed by atoms with Crippen molar-refractivity contribution >= 4 is 0 Å². The molecule has 3 N–H and O–H groups in total. The van der Waals surface area contributed by atoms with Crippen molar-refractivity contribution < 1.29 is 4.74 Å². The minimum Gasteiger partial charge on any atom is -0.385 e. The third-order valence-electron chi connectivity index (χ3n) is 2.73. The molecule has 1 aromatic carbocycles. The highest BCUT2D eigenvalue weighted by Gasteiger charge is 2.08. The van der Waals surface area contributed by atoms with Crippen molar-refractivity contribution in [3.63, 3.8) is 0 Å². The van der Waals surface area contributed by atoms with E-state index in [-0.39, 0.29) is 6.04 Å². The number of methoxy groups -OCH3 is 1. The summed E-state index contributed by atoms with van der Waals surface area (Å²) in [5.41, 5.74) is 5.43. The highest BCUT2D eigenvalue weighted by Crippen LogP contribution is 2.17. The molecule has 0 fully saturated rings. The number of ether oxygens (including phenoxy) is 1. The molecular weight excluding hydrogens is 200 g/mol. The van der Waals surface area contributed by atoms with Crippen LogP contribution in [0.3, 0.4) is 0 Å². The van der Waals surface area contributed by atoms with Gasteiger partial charge in [-0.3, -0.25) is 11.3 Å². The molecule has 0 saturated carbocycles. The van der Waals surface area contributed by atoms with Crippen LogP contribution in [0, 0.1) is 0 Å². The molecule has 0 aromatic heterocycles. The van der Waals surface area contributed by atoms with E-state index in [1.807, 2.05) is 0 Å². The number of hydrazine groups is 1. The van der Waals surface area contributed by atoms with Crippen LogP contribution in [0.2, 0.25) is 0 Å². The molecule has 3 heteroatoms. The SMILES string of the molecule is CCCc1ccc(C(CCOC)NN)cc1. The lowest BCUT2D eigenvalue weighted by Crippen LogP contribution is -2.28. The third kappa shape index (κ3) is 3.93. The maximum absolute atomic E-state index is 5.54. The highest BCUT2D eigenvalue weighted by atomic mass is 16.5. The van der Waals surface area contributed by atoms with Crippen LogP contribution < -0.4 is 11.3 Å². The van der Waals surface area contributed by atoms with Crippen molar-refractivity contribution in [1.82, 2.24) is 5.43 Å². The Morgan fingerprint density at radius 1 is 1.31 bits per heavy atom. The summed E-state index contributed by atoms with van der Waals surface area (Å²) in [6, 6.07) is 8.82. The highest BCUT2D eigenvalue weighted by molar-refractivity contribution is 5.25. The minimum absolute atomic E-state index is 0.177. The van der Waals surface area contributed by atoms with Gasteiger partial charge < -0.3 is 4.74 Å². The Hall–Kier alpha value is -0.900. The number of nitrogens with two attached hydrogens (primary N) is 1. The van der Waals surface area contributed by atoms with Crippen molar-refractivity contribution in [3.05, 3.63) is 35.4 Å². The van der Waals surface area contributed by atoms with E-state index >= 15 is 0 Å². The molecule has 0 bridgehead atoms. The Morgan fingerprint density at radius 2 is 2.00 bits per heavy atom. The number of hydrogen-bond donors (Lipinski definition) is 2. The van der Waals surface area contributed by atoms with Gasteiger partial charge in [0, 0.05) is 19.8 Å². The normalized spacial score (nSPS) is 12.7. The molecule has 16 heavy (non-hydrogen) atoms. The largest absolute Gasteiger partial charge is 0.385 e. The molecule has 0 radical (unpaired) electrons. The molecular formula is C13H22N2O. The van der Waals surface area contributed by atoms with Crippen LogP contribution in [0.5, 0.6) is 0 Å². The van der Waals surface area contributed by atoms with Gasteiger partial charge in [0.1, 0.15) is 0 Å². The van der Waals surface area contributed by atoms with Gasteiger partial charge in [-0.15, -0.1) is 0 Å². The Kier molecular flexibility index (Phi) is 6.08. The van der Waals surface area contributed by atoms with Crippen LogP contribution in [-0.2, 0) is 11.2 Å². The van der Waals surface area contributed by atoms with Gasteiger partial charge in [0.15, 0.2) is 0 Å². The van der Waals surface area contributed by atoms with E-state index < -0.39 is 0 Å². The van der Waals surface area contributed by atoms with Gasteiger partial charge in [-0.1, -0.05) is 37.6 Å². The number of benzene rings is 1. The molecule has 0 aliphatic rings. The van der Waals surface area contributed by atoms with E-state index in [2.05, 4.69) is 36.6 Å². The first-order chi connectivity index (χ1) is 7.81. The van der Waals surface area contributed by atoms with Gasteiger partial charge in [0.25, 0.3) is 0 Å². The molecule has 0 aliphatic carbocycles. The summed E-state index contributed by atoms with van der Waals surface area (Å²) in [6.07, 6.45) is 3.21. The first kappa shape index (κ1) is 13.2. The van der Waals surface area contributed by atoms with E-state index in [0.717, 1.165) is 12.8 Å². The number of aryl methyl sites for hydroxylation is 1. The second-order valence-corrected chi connectivity index (χ2v) is 3.99. The second kappa shape index (κ2) is 7.39. The van der Waals surface area contributed by atoms with Crippen molar-refractivity contribution in [1.29, 1.82) is 0 Å². The van der Waals surface area contributed by atoms with E-state index in [1.165, 1.54) is 17.5 Å². The zero-order chi connectivity index (χ0) is 11.8. The lowest BCUT2D eigenvalue weighted by Gasteiger charge is -2.16. The lowest BCUT2D eigenvalue weighted by molar-refractivity contribution is 0.183. The molecule has 3 nitrogen and oxygen atoms in total. The van der Waals surface area contributed by atoms with E-state index in [9.17, 15) is 0 Å². The summed E-state index contributed by atoms with van der Waals surface area (Å²) < 4.78 is 5.06. The third-order valence-corrected chi connectivity index (χ3v) is 2.73. The van der Waals surface area contributed by atoms with E-state index in [4.69, 9.17) is 10.6 Å². The van der Waals surface area contributed by atoms with Crippen molar-refractivity contribution in [2.24, 2.45) is 5.84 Å². The van der Waals surface area contributed by atoms with E-state index in [1.54, 1.807) is 7.11 Å². The lowest BCUT2D eigenvalue weighted by atomic mass is 10.0. The van der Waals surface area contributed by atoms with Gasteiger partial charge in [-0.25, -0.2) is 0 Å². The molecule has 1 unspecified atom stereocenters. The summed E-state index contributed by atoms with van der Waals surface area (Å²) in [6.45, 7) is 2.91. The Morgan fingerprint density at radius 3 is 2.50 bits per heavy atom. The zero-order valence-electron chi connectivity index (χ0n) is 10.2.